The highest BCUT2D eigenvalue weighted by Gasteiger charge is 1.93. The Morgan fingerprint density at radius 1 is 1.82 bits per heavy atom. The highest BCUT2D eigenvalue weighted by Crippen LogP contribution is 2.15. The molecule has 4 nitrogen and oxygen atoms in total. The molecule has 0 saturated heterocycles. The van der Waals surface area contributed by atoms with E-state index in [1.54, 1.807) is 0 Å². The van der Waals surface area contributed by atoms with Crippen molar-refractivity contribution in [1.82, 2.24) is 4.98 Å². The van der Waals surface area contributed by atoms with Crippen molar-refractivity contribution in [3.05, 3.63) is 17.2 Å². The first-order valence-corrected chi connectivity index (χ1v) is 3.62. The van der Waals surface area contributed by atoms with Gasteiger partial charge in [-0.3, -0.25) is 0 Å². The third-order valence-corrected chi connectivity index (χ3v) is 1.72. The minimum atomic E-state index is -0.975. The molecule has 0 unspecified atom stereocenters. The third-order valence-electron chi connectivity index (χ3n) is 0.932. The Labute approximate surface area is 67.0 Å². The number of carboxylic acid groups (broad SMARTS) is 1. The number of aliphatic carboxylic acids is 1. The summed E-state index contributed by atoms with van der Waals surface area (Å²) in [5.74, 6) is -0.975. The molecule has 0 aromatic carbocycles. The zero-order chi connectivity index (χ0) is 8.27. The van der Waals surface area contributed by atoms with Gasteiger partial charge in [-0.25, -0.2) is 9.78 Å². The summed E-state index contributed by atoms with van der Waals surface area (Å²) in [6, 6.07) is 0. The van der Waals surface area contributed by atoms with Crippen molar-refractivity contribution in [3.8, 4) is 0 Å². The van der Waals surface area contributed by atoms with E-state index in [0.29, 0.717) is 5.13 Å². The van der Waals surface area contributed by atoms with E-state index < -0.39 is 5.97 Å². The van der Waals surface area contributed by atoms with Crippen molar-refractivity contribution in [2.75, 3.05) is 5.73 Å². The molecule has 11 heavy (non-hydrogen) atoms. The van der Waals surface area contributed by atoms with Crippen LogP contribution in [0, 0.1) is 0 Å². The van der Waals surface area contributed by atoms with E-state index in [1.165, 1.54) is 23.6 Å². The van der Waals surface area contributed by atoms with Crippen LogP contribution in [0.15, 0.2) is 12.3 Å². The Morgan fingerprint density at radius 3 is 3.00 bits per heavy atom. The van der Waals surface area contributed by atoms with Crippen LogP contribution in [0.2, 0.25) is 0 Å². The van der Waals surface area contributed by atoms with E-state index in [0.717, 1.165) is 11.0 Å². The second kappa shape index (κ2) is 3.16. The molecule has 0 aliphatic rings. The molecule has 0 fully saturated rings. The van der Waals surface area contributed by atoms with Crippen LogP contribution in [-0.2, 0) is 4.79 Å². The first-order valence-electron chi connectivity index (χ1n) is 2.81. The molecule has 0 spiro atoms. The van der Waals surface area contributed by atoms with Gasteiger partial charge in [0.25, 0.3) is 0 Å². The van der Waals surface area contributed by atoms with Crippen LogP contribution in [0.4, 0.5) is 5.13 Å². The fourth-order valence-electron chi connectivity index (χ4n) is 0.531. The van der Waals surface area contributed by atoms with Crippen molar-refractivity contribution >= 4 is 28.5 Å². The molecular formula is C6H6N2O2S. The van der Waals surface area contributed by atoms with Crippen molar-refractivity contribution < 1.29 is 9.90 Å². The average molecular weight is 170 g/mol. The van der Waals surface area contributed by atoms with Crippen molar-refractivity contribution in [2.45, 2.75) is 0 Å². The molecule has 0 radical (unpaired) electrons. The predicted molar refractivity (Wildman–Crippen MR) is 43.2 cm³/mol. The summed E-state index contributed by atoms with van der Waals surface area (Å²) in [6.07, 6.45) is 4.03. The SMILES string of the molecule is Nc1ncc(C=CC(=O)O)s1. The smallest absolute Gasteiger partial charge is 0.328 e. The number of nitrogens with two attached hydrogens (primary N) is 1. The summed E-state index contributed by atoms with van der Waals surface area (Å²) in [5.41, 5.74) is 5.31. The Morgan fingerprint density at radius 2 is 2.55 bits per heavy atom. The van der Waals surface area contributed by atoms with Gasteiger partial charge in [0.1, 0.15) is 0 Å². The van der Waals surface area contributed by atoms with Gasteiger partial charge in [-0.1, -0.05) is 11.3 Å². The maximum Gasteiger partial charge on any atom is 0.328 e. The number of nitrogen functional groups attached to an aromatic ring is 1. The number of hydrogen-bond acceptors (Lipinski definition) is 4. The summed E-state index contributed by atoms with van der Waals surface area (Å²) >= 11 is 1.25. The molecule has 0 aliphatic carbocycles. The summed E-state index contributed by atoms with van der Waals surface area (Å²) in [5, 5.41) is 8.69. The van der Waals surface area contributed by atoms with Crippen molar-refractivity contribution in [1.29, 1.82) is 0 Å². The second-order valence-corrected chi connectivity index (χ2v) is 2.87. The molecule has 1 aromatic heterocycles. The van der Waals surface area contributed by atoms with E-state index in [2.05, 4.69) is 4.98 Å². The van der Waals surface area contributed by atoms with Crippen LogP contribution >= 0.6 is 11.3 Å². The summed E-state index contributed by atoms with van der Waals surface area (Å²) in [7, 11) is 0. The van der Waals surface area contributed by atoms with E-state index in [9.17, 15) is 4.79 Å². The summed E-state index contributed by atoms with van der Waals surface area (Å²) in [4.78, 5) is 14.5. The summed E-state index contributed by atoms with van der Waals surface area (Å²) in [6.45, 7) is 0. The molecule has 3 N–H and O–H groups in total. The quantitative estimate of drug-likeness (QED) is 0.644. The Bertz CT molecular complexity index is 293. The molecule has 1 aromatic rings. The lowest BCUT2D eigenvalue weighted by Gasteiger charge is -1.78. The zero-order valence-corrected chi connectivity index (χ0v) is 6.34. The molecular weight excluding hydrogens is 164 g/mol. The Balaban J connectivity index is 2.71. The molecule has 1 heterocycles. The van der Waals surface area contributed by atoms with Crippen LogP contribution in [0.5, 0.6) is 0 Å². The van der Waals surface area contributed by atoms with Crippen molar-refractivity contribution in [3.63, 3.8) is 0 Å². The van der Waals surface area contributed by atoms with E-state index in [-0.39, 0.29) is 0 Å². The molecule has 0 bridgehead atoms. The first kappa shape index (κ1) is 7.74. The topological polar surface area (TPSA) is 76.2 Å². The number of thiazole rings is 1. The Hall–Kier alpha value is -1.36. The normalized spacial score (nSPS) is 10.5. The van der Waals surface area contributed by atoms with Gasteiger partial charge in [-0.05, 0) is 6.08 Å². The van der Waals surface area contributed by atoms with Crippen LogP contribution in [0.3, 0.4) is 0 Å². The lowest BCUT2D eigenvalue weighted by Crippen LogP contribution is -1.84. The Kier molecular flexibility index (Phi) is 2.22. The highest BCUT2D eigenvalue weighted by molar-refractivity contribution is 7.16. The number of anilines is 1. The second-order valence-electron chi connectivity index (χ2n) is 1.77. The minimum absolute atomic E-state index is 0.440. The van der Waals surface area contributed by atoms with Crippen LogP contribution in [0.25, 0.3) is 6.08 Å². The number of rotatable bonds is 2. The first-order chi connectivity index (χ1) is 5.18. The van der Waals surface area contributed by atoms with Crippen LogP contribution < -0.4 is 5.73 Å². The molecule has 1 rings (SSSR count). The van der Waals surface area contributed by atoms with Gasteiger partial charge in [0.15, 0.2) is 5.13 Å². The van der Waals surface area contributed by atoms with Gasteiger partial charge in [0, 0.05) is 17.2 Å². The number of aromatic nitrogens is 1. The van der Waals surface area contributed by atoms with Gasteiger partial charge in [0.05, 0.1) is 0 Å². The van der Waals surface area contributed by atoms with Gasteiger partial charge in [-0.2, -0.15) is 0 Å². The third kappa shape index (κ3) is 2.38. The van der Waals surface area contributed by atoms with Gasteiger partial charge < -0.3 is 10.8 Å². The van der Waals surface area contributed by atoms with Gasteiger partial charge in [-0.15, -0.1) is 0 Å². The molecule has 0 amide bonds. The van der Waals surface area contributed by atoms with E-state index in [4.69, 9.17) is 10.8 Å². The highest BCUT2D eigenvalue weighted by atomic mass is 32.1. The molecule has 58 valence electrons. The predicted octanol–water partition coefficient (Wildman–Crippen LogP) is 0.823. The maximum absolute atomic E-state index is 10.0. The zero-order valence-electron chi connectivity index (χ0n) is 5.52. The fourth-order valence-corrected chi connectivity index (χ4v) is 1.12. The molecule has 0 aliphatic heterocycles. The molecule has 0 saturated carbocycles. The monoisotopic (exact) mass is 170 g/mol. The summed E-state index contributed by atoms with van der Waals surface area (Å²) < 4.78 is 0. The van der Waals surface area contributed by atoms with Gasteiger partial charge in [0.2, 0.25) is 0 Å². The van der Waals surface area contributed by atoms with Gasteiger partial charge >= 0.3 is 5.97 Å². The lowest BCUT2D eigenvalue weighted by atomic mass is 10.4. The van der Waals surface area contributed by atoms with Crippen LogP contribution in [0.1, 0.15) is 4.88 Å². The van der Waals surface area contributed by atoms with E-state index in [1.807, 2.05) is 0 Å². The average Bonchev–Trinajstić information content (AvgIpc) is 2.31. The molecule has 0 atom stereocenters. The number of carboxylic acids is 1. The van der Waals surface area contributed by atoms with E-state index >= 15 is 0 Å². The number of carbonyl (C=O) groups is 1. The maximum atomic E-state index is 10.0. The number of nitrogens with zero attached hydrogens (tertiary/aromatic N) is 1. The standard InChI is InChI=1S/C6H6N2O2S/c7-6-8-3-4(11-6)1-2-5(9)10/h1-3H,(H2,7,8)(H,9,10). The fraction of sp³-hybridized carbons (Fsp3) is 0. The lowest BCUT2D eigenvalue weighted by molar-refractivity contribution is -0.131. The minimum Gasteiger partial charge on any atom is -0.478 e. The number of hydrogen-bond donors (Lipinski definition) is 2. The van der Waals surface area contributed by atoms with Crippen LogP contribution in [-0.4, -0.2) is 16.1 Å². The van der Waals surface area contributed by atoms with Crippen molar-refractivity contribution in [2.24, 2.45) is 0 Å². The molecule has 5 heteroatoms. The largest absolute Gasteiger partial charge is 0.478 e.